The second kappa shape index (κ2) is 11.5. The lowest BCUT2D eigenvalue weighted by atomic mass is 10.0. The van der Waals surface area contributed by atoms with Gasteiger partial charge in [0.25, 0.3) is 5.91 Å². The molecule has 192 valence electrons. The van der Waals surface area contributed by atoms with Crippen molar-refractivity contribution in [3.05, 3.63) is 48.0 Å². The maximum Gasteiger partial charge on any atom is 0.263 e. The van der Waals surface area contributed by atoms with Gasteiger partial charge in [0.15, 0.2) is 0 Å². The summed E-state index contributed by atoms with van der Waals surface area (Å²) in [5, 5.41) is 9.19. The predicted molar refractivity (Wildman–Crippen MR) is 134 cm³/mol. The second-order valence-electron chi connectivity index (χ2n) is 8.39. The maximum absolute atomic E-state index is 13.4. The molecule has 0 radical (unpaired) electrons. The van der Waals surface area contributed by atoms with Crippen LogP contribution in [0.4, 0.5) is 0 Å². The summed E-state index contributed by atoms with van der Waals surface area (Å²) in [4.78, 5) is 12.4. The Hall–Kier alpha value is -2.47. The number of nitrogens with one attached hydrogen (secondary N) is 1. The van der Waals surface area contributed by atoms with Crippen LogP contribution in [0.2, 0.25) is 0 Å². The van der Waals surface area contributed by atoms with Gasteiger partial charge in [-0.15, -0.1) is 0 Å². The molecule has 1 saturated heterocycles. The van der Waals surface area contributed by atoms with Crippen LogP contribution < -0.4 is 19.7 Å². The fourth-order valence-electron chi connectivity index (χ4n) is 3.94. The molecule has 2 aromatic carbocycles. The molecule has 0 aromatic heterocycles. The van der Waals surface area contributed by atoms with Crippen molar-refractivity contribution in [3.8, 4) is 17.2 Å². The quantitative estimate of drug-likeness (QED) is 0.359. The molecule has 1 atom stereocenters. The van der Waals surface area contributed by atoms with Crippen molar-refractivity contribution in [2.45, 2.75) is 50.0 Å². The summed E-state index contributed by atoms with van der Waals surface area (Å²) in [5.41, 5.74) is 2.46. The van der Waals surface area contributed by atoms with E-state index < -0.39 is 26.7 Å². The molecular formula is C24H32N2O7S2. The minimum absolute atomic E-state index is 0.0419. The number of carbonyl (C=O) groups is 1. The van der Waals surface area contributed by atoms with Gasteiger partial charge in [-0.3, -0.25) is 10.0 Å². The number of sulfonamides is 1. The molecule has 0 bridgehead atoms. The Labute approximate surface area is 210 Å². The van der Waals surface area contributed by atoms with Crippen molar-refractivity contribution in [3.63, 3.8) is 0 Å². The van der Waals surface area contributed by atoms with Crippen LogP contribution in [0.3, 0.4) is 0 Å². The molecule has 2 aromatic rings. The van der Waals surface area contributed by atoms with E-state index in [9.17, 15) is 18.4 Å². The van der Waals surface area contributed by atoms with Crippen molar-refractivity contribution in [1.82, 2.24) is 9.79 Å². The molecule has 35 heavy (non-hydrogen) atoms. The number of hydrogen-bond acceptors (Lipinski definition) is 8. The lowest BCUT2D eigenvalue weighted by Gasteiger charge is -2.43. The third-order valence-corrected chi connectivity index (χ3v) is 8.72. The van der Waals surface area contributed by atoms with Crippen LogP contribution in [0.25, 0.3) is 0 Å². The van der Waals surface area contributed by atoms with Crippen molar-refractivity contribution in [2.24, 2.45) is 0 Å². The van der Waals surface area contributed by atoms with Gasteiger partial charge in [0.1, 0.15) is 29.9 Å². The third kappa shape index (κ3) is 6.40. The van der Waals surface area contributed by atoms with Crippen LogP contribution >= 0.6 is 11.8 Å². The number of thioether (sulfide) groups is 1. The standard InChI is InChI=1S/C24H32N2O7S2/c1-5-31-19-13-17(14-20(15-19)32-6-2)16-33-18-7-9-21(10-8-18)35(29,30)26-11-12-34-24(3,4)22(26)23(27)25-28/h7-10,13-15,22,28H,5-6,11-12,16H2,1-4H3,(H,25,27). The number of carbonyl (C=O) groups excluding carboxylic acids is 1. The van der Waals surface area contributed by atoms with Crippen LogP contribution in [-0.4, -0.2) is 60.1 Å². The Bertz CT molecular complexity index is 1100. The molecule has 11 heteroatoms. The topological polar surface area (TPSA) is 114 Å². The highest BCUT2D eigenvalue weighted by Crippen LogP contribution is 2.38. The summed E-state index contributed by atoms with van der Waals surface area (Å²) in [6.07, 6.45) is 0. The summed E-state index contributed by atoms with van der Waals surface area (Å²) in [6.45, 7) is 8.83. The highest BCUT2D eigenvalue weighted by Gasteiger charge is 2.48. The van der Waals surface area contributed by atoms with Gasteiger partial charge in [-0.1, -0.05) is 0 Å². The number of nitrogens with zero attached hydrogens (tertiary/aromatic N) is 1. The molecular weight excluding hydrogens is 492 g/mol. The first-order valence-corrected chi connectivity index (χ1v) is 13.8. The van der Waals surface area contributed by atoms with Crippen LogP contribution in [0.15, 0.2) is 47.4 Å². The lowest BCUT2D eigenvalue weighted by Crippen LogP contribution is -2.61. The lowest BCUT2D eigenvalue weighted by molar-refractivity contribution is -0.134. The summed E-state index contributed by atoms with van der Waals surface area (Å²) in [5.74, 6) is 1.63. The van der Waals surface area contributed by atoms with E-state index >= 15 is 0 Å². The average molecular weight is 525 g/mol. The SMILES string of the molecule is CCOc1cc(COc2ccc(S(=O)(=O)N3CCSC(C)(C)C3C(=O)NO)cc2)cc(OCC)c1. The van der Waals surface area contributed by atoms with Crippen molar-refractivity contribution in [2.75, 3.05) is 25.5 Å². The zero-order valence-electron chi connectivity index (χ0n) is 20.3. The molecule has 0 saturated carbocycles. The molecule has 9 nitrogen and oxygen atoms in total. The second-order valence-corrected chi connectivity index (χ2v) is 12.0. The van der Waals surface area contributed by atoms with E-state index in [1.54, 1.807) is 31.5 Å². The highest BCUT2D eigenvalue weighted by molar-refractivity contribution is 8.00. The van der Waals surface area contributed by atoms with Gasteiger partial charge < -0.3 is 14.2 Å². The van der Waals surface area contributed by atoms with Gasteiger partial charge >= 0.3 is 0 Å². The number of amides is 1. The van der Waals surface area contributed by atoms with Crippen LogP contribution in [0.5, 0.6) is 17.2 Å². The van der Waals surface area contributed by atoms with Crippen LogP contribution in [-0.2, 0) is 21.4 Å². The number of hydrogen-bond donors (Lipinski definition) is 2. The largest absolute Gasteiger partial charge is 0.494 e. The van der Waals surface area contributed by atoms with Crippen LogP contribution in [0, 0.1) is 0 Å². The number of benzene rings is 2. The van der Waals surface area contributed by atoms with E-state index in [0.29, 0.717) is 36.2 Å². The van der Waals surface area contributed by atoms with Crippen molar-refractivity contribution < 1.29 is 32.6 Å². The van der Waals surface area contributed by atoms with Gasteiger partial charge in [-0.25, -0.2) is 13.9 Å². The Kier molecular flexibility index (Phi) is 8.92. The molecule has 1 amide bonds. The minimum atomic E-state index is -3.99. The Morgan fingerprint density at radius 3 is 2.20 bits per heavy atom. The molecule has 1 aliphatic heterocycles. The fourth-order valence-corrected chi connectivity index (χ4v) is 7.05. The molecule has 2 N–H and O–H groups in total. The first kappa shape index (κ1) is 27.1. The zero-order chi connectivity index (χ0) is 25.6. The van der Waals surface area contributed by atoms with Crippen molar-refractivity contribution >= 4 is 27.7 Å². The predicted octanol–water partition coefficient (Wildman–Crippen LogP) is 3.45. The summed E-state index contributed by atoms with van der Waals surface area (Å²) in [7, 11) is -3.99. The number of ether oxygens (including phenoxy) is 3. The smallest absolute Gasteiger partial charge is 0.263 e. The molecule has 0 spiro atoms. The Morgan fingerprint density at radius 1 is 1.06 bits per heavy atom. The molecule has 0 aliphatic carbocycles. The molecule has 3 rings (SSSR count). The average Bonchev–Trinajstić information content (AvgIpc) is 2.82. The Morgan fingerprint density at radius 2 is 1.66 bits per heavy atom. The van der Waals surface area contributed by atoms with Gasteiger partial charge in [0, 0.05) is 23.1 Å². The Balaban J connectivity index is 1.77. The first-order valence-electron chi connectivity index (χ1n) is 11.3. The zero-order valence-corrected chi connectivity index (χ0v) is 21.9. The first-order chi connectivity index (χ1) is 16.6. The van der Waals surface area contributed by atoms with E-state index in [2.05, 4.69) is 0 Å². The van der Waals surface area contributed by atoms with Crippen molar-refractivity contribution in [1.29, 1.82) is 0 Å². The van der Waals surface area contributed by atoms with Gasteiger partial charge in [-0.2, -0.15) is 16.1 Å². The van der Waals surface area contributed by atoms with Gasteiger partial charge in [-0.05, 0) is 69.7 Å². The van der Waals surface area contributed by atoms with Gasteiger partial charge in [0.05, 0.1) is 18.1 Å². The number of rotatable bonds is 10. The van der Waals surface area contributed by atoms with Crippen LogP contribution in [0.1, 0.15) is 33.3 Å². The number of hydroxylamine groups is 1. The molecule has 1 fully saturated rings. The van der Waals surface area contributed by atoms with E-state index in [0.717, 1.165) is 9.87 Å². The maximum atomic E-state index is 13.4. The van der Waals surface area contributed by atoms with E-state index in [-0.39, 0.29) is 18.0 Å². The highest BCUT2D eigenvalue weighted by atomic mass is 32.2. The van der Waals surface area contributed by atoms with E-state index in [1.165, 1.54) is 23.9 Å². The molecule has 1 heterocycles. The van der Waals surface area contributed by atoms with E-state index in [1.807, 2.05) is 32.0 Å². The molecule has 1 unspecified atom stereocenters. The third-order valence-electron chi connectivity index (χ3n) is 5.49. The summed E-state index contributed by atoms with van der Waals surface area (Å²) >= 11 is 1.49. The normalized spacial score (nSPS) is 18.0. The molecule has 1 aliphatic rings. The summed E-state index contributed by atoms with van der Waals surface area (Å²) < 4.78 is 44.2. The van der Waals surface area contributed by atoms with E-state index in [4.69, 9.17) is 14.2 Å². The summed E-state index contributed by atoms with van der Waals surface area (Å²) in [6, 6.07) is 10.6. The minimum Gasteiger partial charge on any atom is -0.494 e. The monoisotopic (exact) mass is 524 g/mol. The fraction of sp³-hybridized carbons (Fsp3) is 0.458. The van der Waals surface area contributed by atoms with Gasteiger partial charge in [0.2, 0.25) is 10.0 Å².